The maximum Gasteiger partial charge on any atom is 0.443 e. The van der Waals surface area contributed by atoms with Gasteiger partial charge < -0.3 is 8.83 Å². The average molecular weight is 1150 g/mol. The first-order valence-corrected chi connectivity index (χ1v) is 21.3. The second-order valence-electron chi connectivity index (χ2n) is 14.5. The summed E-state index contributed by atoms with van der Waals surface area (Å²) in [5, 5.41) is 0. The Labute approximate surface area is 397 Å². The van der Waals surface area contributed by atoms with Crippen molar-refractivity contribution in [2.75, 3.05) is 0 Å². The van der Waals surface area contributed by atoms with Crippen LogP contribution in [-0.2, 0) is 0 Å². The molecule has 0 atom stereocenters. The van der Waals surface area contributed by atoms with Crippen molar-refractivity contribution < 1.29 is 127 Å². The van der Waals surface area contributed by atoms with Gasteiger partial charge in [-0.3, -0.25) is 9.59 Å². The summed E-state index contributed by atoms with van der Waals surface area (Å²) in [6.07, 6.45) is -7.22. The minimum Gasteiger partial charge on any atom is -0.414 e. The lowest BCUT2D eigenvalue weighted by molar-refractivity contribution is -0.636. The van der Waals surface area contributed by atoms with E-state index in [4.69, 9.17) is 8.83 Å². The van der Waals surface area contributed by atoms with Crippen molar-refractivity contribution in [2.24, 2.45) is 0 Å². The first-order valence-electron chi connectivity index (χ1n) is 19.2. The highest BCUT2D eigenvalue weighted by Gasteiger charge is 2.52. The van der Waals surface area contributed by atoms with E-state index in [1.807, 2.05) is 36.4 Å². The zero-order valence-corrected chi connectivity index (χ0v) is 36.4. The fourth-order valence-corrected chi connectivity index (χ4v) is 9.34. The maximum atomic E-state index is 15.4. The normalized spacial score (nSPS) is 11.5. The molecule has 8 aromatic rings. The number of carbonyl (C=O) groups excluding carboxylic acids is 2. The van der Waals surface area contributed by atoms with Gasteiger partial charge in [0.2, 0.25) is 11.6 Å². The molecule has 2 heterocycles. The Morgan fingerprint density at radius 2 is 0.500 bits per heavy atom. The summed E-state index contributed by atoms with van der Waals surface area (Å²) in [5.74, 6) is -71.1. The predicted molar refractivity (Wildman–Crippen MR) is 204 cm³/mol. The number of ketones is 2. The van der Waals surface area contributed by atoms with Crippen LogP contribution in [-0.4, -0.2) is 17.7 Å². The van der Waals surface area contributed by atoms with Crippen LogP contribution in [0.3, 0.4) is 0 Å². The number of benzene rings is 6. The van der Waals surface area contributed by atoms with Gasteiger partial charge in [-0.25, -0.2) is 87.8 Å². The number of hydrogen-bond donors (Lipinski definition) is 0. The van der Waals surface area contributed by atoms with E-state index in [1.54, 1.807) is 48.5 Å². The molecular weight excluding hydrogens is 1130 g/mol. The number of furan rings is 2. The monoisotopic (exact) mass is 1150 g/mol. The number of carbonyl (C=O) groups is 2. The summed E-state index contributed by atoms with van der Waals surface area (Å²) in [7, 11) is 0. The van der Waals surface area contributed by atoms with Gasteiger partial charge in [-0.2, -0.15) is 0 Å². The molecular formula is C46H14BF20IO4. The lowest BCUT2D eigenvalue weighted by Gasteiger charge is -2.44. The van der Waals surface area contributed by atoms with Crippen LogP contribution in [0.5, 0.6) is 0 Å². The molecule has 0 spiro atoms. The van der Waals surface area contributed by atoms with Crippen molar-refractivity contribution in [3.63, 3.8) is 0 Å². The van der Waals surface area contributed by atoms with Crippen molar-refractivity contribution in [3.8, 4) is 0 Å². The number of rotatable bonds is 10. The third kappa shape index (κ3) is 8.56. The molecule has 0 unspecified atom stereocenters. The van der Waals surface area contributed by atoms with Crippen molar-refractivity contribution in [3.05, 3.63) is 231 Å². The highest BCUT2D eigenvalue weighted by Crippen LogP contribution is 2.31. The van der Waals surface area contributed by atoms with E-state index in [2.05, 4.69) is 0 Å². The third-order valence-corrected chi connectivity index (χ3v) is 12.8. The molecule has 6 aromatic carbocycles. The molecule has 0 bridgehead atoms. The van der Waals surface area contributed by atoms with Crippen LogP contribution >= 0.6 is 0 Å². The second-order valence-corrected chi connectivity index (χ2v) is 17.2. The first kappa shape index (κ1) is 52.4. The molecule has 0 radical (unpaired) electrons. The van der Waals surface area contributed by atoms with Crippen LogP contribution in [0, 0.1) is 124 Å². The Morgan fingerprint density at radius 3 is 0.722 bits per heavy atom. The van der Waals surface area contributed by atoms with E-state index in [9.17, 15) is 62.3 Å². The van der Waals surface area contributed by atoms with Crippen LogP contribution in [0.4, 0.5) is 87.8 Å². The molecule has 0 aliphatic rings. The van der Waals surface area contributed by atoms with Crippen molar-refractivity contribution in [2.45, 2.75) is 0 Å². The van der Waals surface area contributed by atoms with Crippen molar-refractivity contribution >= 4 is 39.6 Å². The Bertz CT molecular complexity index is 3020. The molecule has 0 fully saturated rings. The molecule has 0 aliphatic carbocycles. The zero-order valence-electron chi connectivity index (χ0n) is 34.2. The van der Waals surface area contributed by atoms with Gasteiger partial charge in [0.1, 0.15) is 52.7 Å². The minimum atomic E-state index is -7.22. The quantitative estimate of drug-likeness (QED) is 0.0361. The smallest absolute Gasteiger partial charge is 0.414 e. The SMILES string of the molecule is Fc1c(F)c(F)c([B-](c2c(F)c(F)c(F)c(F)c2F)(c2c(F)c(F)c(F)c(F)c2F)c2c(F)c(F)c(F)c(F)c2F)c(F)c1F.O=C(c1ccccc1)c1ccc([I+]c2ccc(C(=O)c3ccccc3)o2)o1. The predicted octanol–water partition coefficient (Wildman–Crippen LogP) is 7.31. The molecule has 2 aromatic heterocycles. The molecule has 0 aliphatic heterocycles. The molecule has 0 N–H and O–H groups in total. The van der Waals surface area contributed by atoms with Gasteiger partial charge in [0.05, 0.1) is 0 Å². The zero-order chi connectivity index (χ0) is 53.0. The molecule has 4 nitrogen and oxygen atoms in total. The van der Waals surface area contributed by atoms with Crippen LogP contribution < -0.4 is 43.1 Å². The molecule has 26 heteroatoms. The van der Waals surface area contributed by atoms with Gasteiger partial charge in [0, 0.05) is 23.3 Å². The molecule has 372 valence electrons. The van der Waals surface area contributed by atoms with E-state index in [1.165, 1.54) is 0 Å². The van der Waals surface area contributed by atoms with E-state index >= 15 is 35.1 Å². The molecule has 0 saturated heterocycles. The first-order chi connectivity index (χ1) is 33.9. The largest absolute Gasteiger partial charge is 0.443 e. The maximum absolute atomic E-state index is 15.4. The van der Waals surface area contributed by atoms with Crippen molar-refractivity contribution in [1.82, 2.24) is 0 Å². The summed E-state index contributed by atoms with van der Waals surface area (Å²) >= 11 is -0.759. The fourth-order valence-electron chi connectivity index (χ4n) is 7.40. The topological polar surface area (TPSA) is 60.4 Å². The Hall–Kier alpha value is -7.39. The average Bonchev–Trinajstić information content (AvgIpc) is 4.06. The van der Waals surface area contributed by atoms with E-state index in [0.717, 1.165) is 0 Å². The number of halogens is 21. The molecule has 0 saturated carbocycles. The van der Waals surface area contributed by atoms with Crippen LogP contribution in [0.15, 0.2) is 93.8 Å². The van der Waals surface area contributed by atoms with Crippen LogP contribution in [0.25, 0.3) is 0 Å². The van der Waals surface area contributed by atoms with Gasteiger partial charge in [0.25, 0.3) is 0 Å². The van der Waals surface area contributed by atoms with Gasteiger partial charge >= 0.3 is 28.7 Å². The molecule has 8 rings (SSSR count). The number of hydrogen-bond acceptors (Lipinski definition) is 4. The second kappa shape index (κ2) is 20.0. The molecule has 72 heavy (non-hydrogen) atoms. The summed E-state index contributed by atoms with van der Waals surface area (Å²) in [4.78, 5) is 24.8. The van der Waals surface area contributed by atoms with Crippen LogP contribution in [0.2, 0.25) is 0 Å². The summed E-state index contributed by atoms with van der Waals surface area (Å²) in [5.41, 5.74) is -13.2. The summed E-state index contributed by atoms with van der Waals surface area (Å²) in [6, 6.07) is 25.0. The van der Waals surface area contributed by atoms with Gasteiger partial charge in [-0.1, -0.05) is 60.7 Å². The highest BCUT2D eigenvalue weighted by molar-refractivity contribution is 7.20. The van der Waals surface area contributed by atoms with E-state index < -0.39 is 166 Å². The lowest BCUT2D eigenvalue weighted by Crippen LogP contribution is -3.61. The highest BCUT2D eigenvalue weighted by atomic mass is 127. The van der Waals surface area contributed by atoms with Gasteiger partial charge in [0.15, 0.2) is 81.3 Å². The van der Waals surface area contributed by atoms with E-state index in [-0.39, 0.29) is 11.6 Å². The molecule has 0 amide bonds. The minimum absolute atomic E-state index is 0.148. The fraction of sp³-hybridized carbons (Fsp3) is 0. The summed E-state index contributed by atoms with van der Waals surface area (Å²) in [6.45, 7) is 0. The Morgan fingerprint density at radius 1 is 0.292 bits per heavy atom. The summed E-state index contributed by atoms with van der Waals surface area (Å²) < 4.78 is 307. The van der Waals surface area contributed by atoms with Gasteiger partial charge in [-0.15, -0.1) is 21.9 Å². The van der Waals surface area contributed by atoms with Crippen LogP contribution in [0.1, 0.15) is 32.2 Å². The standard InChI is InChI=1S/C24BF20.C22H14IO4/c26-5-1(6(27)14(35)21(42)13(5)34)25(2-7(28)15(36)22(43)16(37)8(2)29,3-9(30)17(38)23(44)18(39)10(3)31)4-11(32)19(40)24(45)20(41)12(4)33;24-21(15-7-3-1-4-8-15)17-11-13-19(26-17)23-20-14-12-18(27-20)22(25)16-9-5-2-6-10-16/h;1-14H/q-1;+1. The van der Waals surface area contributed by atoms with E-state index in [0.29, 0.717) is 30.2 Å². The Kier molecular flexibility index (Phi) is 14.6. The van der Waals surface area contributed by atoms with Crippen molar-refractivity contribution in [1.29, 1.82) is 0 Å². The Balaban J connectivity index is 0.000000238. The third-order valence-electron chi connectivity index (χ3n) is 10.6. The van der Waals surface area contributed by atoms with Gasteiger partial charge in [-0.05, 0) is 12.1 Å². The lowest BCUT2D eigenvalue weighted by atomic mass is 9.12.